The molecule has 1 atom stereocenters. The fourth-order valence-electron chi connectivity index (χ4n) is 0.995. The predicted molar refractivity (Wildman–Crippen MR) is 40.7 cm³/mol. The van der Waals surface area contributed by atoms with Crippen LogP contribution in [0, 0.1) is 0 Å². The van der Waals surface area contributed by atoms with E-state index >= 15 is 0 Å². The van der Waals surface area contributed by atoms with Crippen molar-refractivity contribution >= 4 is 0 Å². The normalized spacial score (nSPS) is 22.2. The van der Waals surface area contributed by atoms with Gasteiger partial charge in [0.05, 0.1) is 6.61 Å². The average Bonchev–Trinajstić information content (AvgIpc) is 1.84. The van der Waals surface area contributed by atoms with Gasteiger partial charge in [0.2, 0.25) is 0 Å². The molecule has 0 radical (unpaired) electrons. The Bertz CT molecular complexity index is 88.9. The van der Waals surface area contributed by atoms with E-state index in [9.17, 15) is 0 Å². The van der Waals surface area contributed by atoms with E-state index in [1.165, 1.54) is 19.3 Å². The van der Waals surface area contributed by atoms with Crippen LogP contribution in [-0.2, 0) is 0 Å². The minimum absolute atomic E-state index is 0.0828. The highest BCUT2D eigenvalue weighted by Gasteiger charge is 2.16. The summed E-state index contributed by atoms with van der Waals surface area (Å²) in [5, 5.41) is 11.9. The highest BCUT2D eigenvalue weighted by Crippen LogP contribution is 2.17. The molecular weight excluding hydrogens is 128 g/mol. The van der Waals surface area contributed by atoms with Crippen LogP contribution in [0.25, 0.3) is 0 Å². The van der Waals surface area contributed by atoms with E-state index in [0.29, 0.717) is 6.04 Å². The first-order valence-corrected chi connectivity index (χ1v) is 3.92. The molecule has 1 fully saturated rings. The molecule has 4 N–H and O–H groups in total. The van der Waals surface area contributed by atoms with Crippen LogP contribution in [0.4, 0.5) is 0 Å². The van der Waals surface area contributed by atoms with E-state index in [0.717, 1.165) is 6.54 Å². The Morgan fingerprint density at radius 1 is 1.60 bits per heavy atom. The summed E-state index contributed by atoms with van der Waals surface area (Å²) in [6.07, 6.45) is 3.89. The second-order valence-electron chi connectivity index (χ2n) is 2.98. The van der Waals surface area contributed by atoms with Crippen molar-refractivity contribution in [3.05, 3.63) is 0 Å². The van der Waals surface area contributed by atoms with E-state index in [-0.39, 0.29) is 12.6 Å². The number of nitrogens with one attached hydrogen (secondary N) is 1. The van der Waals surface area contributed by atoms with E-state index in [2.05, 4.69) is 5.32 Å². The molecule has 0 bridgehead atoms. The first kappa shape index (κ1) is 7.98. The van der Waals surface area contributed by atoms with Gasteiger partial charge in [0.15, 0.2) is 0 Å². The number of aliphatic hydroxyl groups excluding tert-OH is 1. The summed E-state index contributed by atoms with van der Waals surface area (Å²) >= 11 is 0. The van der Waals surface area contributed by atoms with Crippen LogP contribution < -0.4 is 11.1 Å². The molecule has 0 spiro atoms. The van der Waals surface area contributed by atoms with Crippen molar-refractivity contribution < 1.29 is 5.11 Å². The van der Waals surface area contributed by atoms with Crippen LogP contribution in [0.15, 0.2) is 0 Å². The second-order valence-corrected chi connectivity index (χ2v) is 2.98. The number of hydrogen-bond donors (Lipinski definition) is 3. The molecule has 0 aromatic carbocycles. The lowest BCUT2D eigenvalue weighted by atomic mass is 9.93. The smallest absolute Gasteiger partial charge is 0.0594 e. The maximum Gasteiger partial charge on any atom is 0.0594 e. The van der Waals surface area contributed by atoms with E-state index in [1.807, 2.05) is 0 Å². The topological polar surface area (TPSA) is 58.3 Å². The van der Waals surface area contributed by atoms with Gasteiger partial charge in [-0.1, -0.05) is 6.42 Å². The van der Waals surface area contributed by atoms with Crippen molar-refractivity contribution in [2.45, 2.75) is 31.3 Å². The molecule has 10 heavy (non-hydrogen) atoms. The van der Waals surface area contributed by atoms with Crippen LogP contribution in [0.1, 0.15) is 19.3 Å². The third-order valence-electron chi connectivity index (χ3n) is 2.01. The van der Waals surface area contributed by atoms with Crippen molar-refractivity contribution in [1.82, 2.24) is 5.32 Å². The van der Waals surface area contributed by atoms with Crippen LogP contribution in [0.3, 0.4) is 0 Å². The van der Waals surface area contributed by atoms with Gasteiger partial charge >= 0.3 is 0 Å². The summed E-state index contributed by atoms with van der Waals surface area (Å²) in [4.78, 5) is 0. The van der Waals surface area contributed by atoms with Crippen LogP contribution in [0.2, 0.25) is 0 Å². The molecular formula is C7H16N2O. The third kappa shape index (κ3) is 2.25. The first-order chi connectivity index (χ1) is 4.83. The van der Waals surface area contributed by atoms with Gasteiger partial charge < -0.3 is 16.2 Å². The molecule has 1 saturated carbocycles. The van der Waals surface area contributed by atoms with Crippen LogP contribution in [-0.4, -0.2) is 30.3 Å². The molecule has 1 unspecified atom stereocenters. The van der Waals surface area contributed by atoms with Gasteiger partial charge in [0, 0.05) is 18.6 Å². The summed E-state index contributed by atoms with van der Waals surface area (Å²) in [6, 6.07) is 0.596. The number of rotatable bonds is 4. The minimum atomic E-state index is -0.0828. The van der Waals surface area contributed by atoms with E-state index in [4.69, 9.17) is 10.8 Å². The monoisotopic (exact) mass is 144 g/mol. The quantitative estimate of drug-likeness (QED) is 0.496. The zero-order chi connectivity index (χ0) is 7.40. The summed E-state index contributed by atoms with van der Waals surface area (Å²) in [6.45, 7) is 0.834. The molecule has 0 aliphatic heterocycles. The maximum absolute atomic E-state index is 8.57. The highest BCUT2D eigenvalue weighted by molar-refractivity contribution is 4.78. The van der Waals surface area contributed by atoms with Crippen LogP contribution >= 0.6 is 0 Å². The van der Waals surface area contributed by atoms with Gasteiger partial charge in [-0.05, 0) is 12.8 Å². The summed E-state index contributed by atoms with van der Waals surface area (Å²) in [7, 11) is 0. The second kappa shape index (κ2) is 3.91. The zero-order valence-corrected chi connectivity index (χ0v) is 6.21. The number of aliphatic hydroxyl groups is 1. The molecule has 3 heteroatoms. The van der Waals surface area contributed by atoms with Crippen molar-refractivity contribution in [3.8, 4) is 0 Å². The van der Waals surface area contributed by atoms with E-state index in [1.54, 1.807) is 0 Å². The molecule has 1 aliphatic rings. The number of hydrogen-bond acceptors (Lipinski definition) is 3. The molecule has 0 aromatic heterocycles. The third-order valence-corrected chi connectivity index (χ3v) is 2.01. The largest absolute Gasteiger partial charge is 0.395 e. The standard InChI is InChI=1S/C7H16N2O/c8-6(5-10)4-9-7-2-1-3-7/h6-7,9-10H,1-5,8H2. The summed E-state index contributed by atoms with van der Waals surface area (Å²) in [5.41, 5.74) is 5.49. The molecule has 1 aliphatic carbocycles. The van der Waals surface area contributed by atoms with Gasteiger partial charge in [0.25, 0.3) is 0 Å². The summed E-state index contributed by atoms with van der Waals surface area (Å²) < 4.78 is 0. The molecule has 60 valence electrons. The zero-order valence-electron chi connectivity index (χ0n) is 6.21. The predicted octanol–water partition coefficient (Wildman–Crippen LogP) is -0.552. The fourth-order valence-corrected chi connectivity index (χ4v) is 0.995. The molecule has 3 nitrogen and oxygen atoms in total. The van der Waals surface area contributed by atoms with Gasteiger partial charge in [-0.3, -0.25) is 0 Å². The molecule has 0 aromatic rings. The average molecular weight is 144 g/mol. The van der Waals surface area contributed by atoms with Crippen molar-refractivity contribution in [3.63, 3.8) is 0 Å². The van der Waals surface area contributed by atoms with Crippen molar-refractivity contribution in [2.75, 3.05) is 13.2 Å². The Morgan fingerprint density at radius 3 is 2.70 bits per heavy atom. The summed E-state index contributed by atoms with van der Waals surface area (Å²) in [5.74, 6) is 0. The van der Waals surface area contributed by atoms with Gasteiger partial charge in [-0.15, -0.1) is 0 Å². The lowest BCUT2D eigenvalue weighted by Crippen LogP contribution is -2.44. The van der Waals surface area contributed by atoms with Crippen molar-refractivity contribution in [2.24, 2.45) is 5.73 Å². The van der Waals surface area contributed by atoms with Gasteiger partial charge in [-0.2, -0.15) is 0 Å². The Labute approximate surface area is 61.6 Å². The Morgan fingerprint density at radius 2 is 2.30 bits per heavy atom. The Balaban J connectivity index is 1.93. The Kier molecular flexibility index (Phi) is 3.12. The lowest BCUT2D eigenvalue weighted by molar-refractivity contribution is 0.248. The SMILES string of the molecule is NC(CO)CNC1CCC1. The molecule has 1 rings (SSSR count). The first-order valence-electron chi connectivity index (χ1n) is 3.92. The van der Waals surface area contributed by atoms with Crippen molar-refractivity contribution in [1.29, 1.82) is 0 Å². The minimum Gasteiger partial charge on any atom is -0.395 e. The molecule has 0 amide bonds. The van der Waals surface area contributed by atoms with Gasteiger partial charge in [-0.25, -0.2) is 0 Å². The maximum atomic E-state index is 8.57. The molecule has 0 heterocycles. The molecule has 0 saturated heterocycles. The number of nitrogens with two attached hydrogens (primary N) is 1. The fraction of sp³-hybridized carbons (Fsp3) is 1.00. The Hall–Kier alpha value is -0.120. The lowest BCUT2D eigenvalue weighted by Gasteiger charge is -2.27. The van der Waals surface area contributed by atoms with E-state index < -0.39 is 0 Å². The van der Waals surface area contributed by atoms with Crippen LogP contribution in [0.5, 0.6) is 0 Å². The van der Waals surface area contributed by atoms with Gasteiger partial charge in [0.1, 0.15) is 0 Å². The highest BCUT2D eigenvalue weighted by atomic mass is 16.3.